The largest absolute Gasteiger partial charge is 0.434 e. The fourth-order valence-corrected chi connectivity index (χ4v) is 1.53. The van der Waals surface area contributed by atoms with Gasteiger partial charge in [0.25, 0.3) is 5.88 Å². The zero-order valence-electron chi connectivity index (χ0n) is 9.72. The lowest BCUT2D eigenvalue weighted by Gasteiger charge is -2.09. The van der Waals surface area contributed by atoms with Gasteiger partial charge in [0.2, 0.25) is 0 Å². The van der Waals surface area contributed by atoms with Gasteiger partial charge < -0.3 is 15.5 Å². The Balaban J connectivity index is 2.37. The van der Waals surface area contributed by atoms with E-state index in [-0.39, 0.29) is 11.4 Å². The van der Waals surface area contributed by atoms with E-state index >= 15 is 0 Å². The number of nitrogens with one attached hydrogen (secondary N) is 1. The number of anilines is 1. The van der Waals surface area contributed by atoms with Crippen LogP contribution in [0.5, 0.6) is 11.6 Å². The summed E-state index contributed by atoms with van der Waals surface area (Å²) in [6.45, 7) is 3.67. The summed E-state index contributed by atoms with van der Waals surface area (Å²) in [5.41, 5.74) is 6.82. The first-order valence-electron chi connectivity index (χ1n) is 5.41. The zero-order valence-corrected chi connectivity index (χ0v) is 9.72. The van der Waals surface area contributed by atoms with Gasteiger partial charge in [-0.05, 0) is 24.6 Å². The Morgan fingerprint density at radius 2 is 2.33 bits per heavy atom. The van der Waals surface area contributed by atoms with Gasteiger partial charge in [-0.15, -0.1) is 6.58 Å². The standard InChI is InChI=1S/C13H13N3O2/c1-2-3-9-8-10(14)4-5-11(9)18-13-12(17)15-6-7-16-13/h2,4-8H,1,3,14H2,(H,15,17). The summed E-state index contributed by atoms with van der Waals surface area (Å²) in [7, 11) is 0. The number of allylic oxidation sites excluding steroid dienone is 1. The zero-order chi connectivity index (χ0) is 13.0. The van der Waals surface area contributed by atoms with Gasteiger partial charge in [-0.25, -0.2) is 4.98 Å². The molecule has 1 aromatic heterocycles. The Labute approximate surface area is 104 Å². The second kappa shape index (κ2) is 5.18. The van der Waals surface area contributed by atoms with Crippen molar-refractivity contribution < 1.29 is 4.74 Å². The normalized spacial score (nSPS) is 10.0. The van der Waals surface area contributed by atoms with E-state index in [1.807, 2.05) is 0 Å². The molecule has 0 bridgehead atoms. The van der Waals surface area contributed by atoms with Crippen LogP contribution in [0.2, 0.25) is 0 Å². The average molecular weight is 243 g/mol. The summed E-state index contributed by atoms with van der Waals surface area (Å²) in [6.07, 6.45) is 5.25. The van der Waals surface area contributed by atoms with Crippen molar-refractivity contribution in [3.8, 4) is 11.6 Å². The topological polar surface area (TPSA) is 81.0 Å². The lowest BCUT2D eigenvalue weighted by molar-refractivity contribution is 0.450. The molecule has 5 heteroatoms. The van der Waals surface area contributed by atoms with Gasteiger partial charge in [0.15, 0.2) is 0 Å². The van der Waals surface area contributed by atoms with Crippen molar-refractivity contribution in [1.29, 1.82) is 0 Å². The summed E-state index contributed by atoms with van der Waals surface area (Å²) in [4.78, 5) is 17.8. The van der Waals surface area contributed by atoms with Crippen LogP contribution in [0.4, 0.5) is 5.69 Å². The van der Waals surface area contributed by atoms with Gasteiger partial charge in [0.1, 0.15) is 5.75 Å². The molecule has 0 fully saturated rings. The van der Waals surface area contributed by atoms with Crippen LogP contribution in [0.25, 0.3) is 0 Å². The molecule has 2 aromatic rings. The summed E-state index contributed by atoms with van der Waals surface area (Å²) < 4.78 is 5.49. The van der Waals surface area contributed by atoms with Crippen molar-refractivity contribution in [3.63, 3.8) is 0 Å². The van der Waals surface area contributed by atoms with E-state index in [2.05, 4.69) is 16.5 Å². The molecule has 92 valence electrons. The summed E-state index contributed by atoms with van der Waals surface area (Å²) in [6, 6.07) is 5.20. The highest BCUT2D eigenvalue weighted by Crippen LogP contribution is 2.25. The third-order valence-electron chi connectivity index (χ3n) is 2.33. The molecule has 5 nitrogen and oxygen atoms in total. The second-order valence-electron chi connectivity index (χ2n) is 3.69. The minimum absolute atomic E-state index is 0.00702. The van der Waals surface area contributed by atoms with Crippen LogP contribution in [0.15, 0.2) is 48.0 Å². The van der Waals surface area contributed by atoms with E-state index in [0.29, 0.717) is 17.9 Å². The van der Waals surface area contributed by atoms with Crippen LogP contribution in [-0.4, -0.2) is 9.97 Å². The van der Waals surface area contributed by atoms with E-state index in [1.165, 1.54) is 12.4 Å². The lowest BCUT2D eigenvalue weighted by atomic mass is 10.1. The monoisotopic (exact) mass is 243 g/mol. The molecule has 0 radical (unpaired) electrons. The molecule has 3 N–H and O–H groups in total. The number of hydrogen-bond acceptors (Lipinski definition) is 4. The van der Waals surface area contributed by atoms with Gasteiger partial charge in [0.05, 0.1) is 0 Å². The lowest BCUT2D eigenvalue weighted by Crippen LogP contribution is -2.10. The van der Waals surface area contributed by atoms with E-state index in [9.17, 15) is 4.79 Å². The van der Waals surface area contributed by atoms with Crippen molar-refractivity contribution in [2.24, 2.45) is 0 Å². The highest BCUT2D eigenvalue weighted by Gasteiger charge is 2.07. The number of benzene rings is 1. The van der Waals surface area contributed by atoms with Crippen LogP contribution < -0.4 is 16.0 Å². The van der Waals surface area contributed by atoms with E-state index in [1.54, 1.807) is 24.3 Å². The first-order valence-corrected chi connectivity index (χ1v) is 5.41. The number of nitrogens with two attached hydrogens (primary N) is 1. The summed E-state index contributed by atoms with van der Waals surface area (Å²) >= 11 is 0. The molecule has 0 aliphatic heterocycles. The Hall–Kier alpha value is -2.56. The van der Waals surface area contributed by atoms with Gasteiger partial charge in [0, 0.05) is 23.6 Å². The van der Waals surface area contributed by atoms with Gasteiger partial charge in [-0.3, -0.25) is 4.79 Å². The van der Waals surface area contributed by atoms with Crippen molar-refractivity contribution >= 4 is 5.69 Å². The van der Waals surface area contributed by atoms with E-state index < -0.39 is 0 Å². The number of nitrogen functional groups attached to an aromatic ring is 1. The maximum atomic E-state index is 11.5. The molecule has 0 atom stereocenters. The summed E-state index contributed by atoms with van der Waals surface area (Å²) in [5.74, 6) is 0.556. The maximum Gasteiger partial charge on any atom is 0.311 e. The molecule has 18 heavy (non-hydrogen) atoms. The van der Waals surface area contributed by atoms with Crippen molar-refractivity contribution in [3.05, 3.63) is 59.2 Å². The Morgan fingerprint density at radius 3 is 3.06 bits per heavy atom. The Kier molecular flexibility index (Phi) is 3.43. The summed E-state index contributed by atoms with van der Waals surface area (Å²) in [5, 5.41) is 0. The molecule has 0 unspecified atom stereocenters. The predicted molar refractivity (Wildman–Crippen MR) is 69.7 cm³/mol. The molecule has 0 aliphatic carbocycles. The second-order valence-corrected chi connectivity index (χ2v) is 3.69. The number of hydrogen-bond donors (Lipinski definition) is 2. The predicted octanol–water partition coefficient (Wildman–Crippen LogP) is 1.87. The quantitative estimate of drug-likeness (QED) is 0.634. The molecule has 0 spiro atoms. The molecule has 0 amide bonds. The SMILES string of the molecule is C=CCc1cc(N)ccc1Oc1ncc[nH]c1=O. The minimum Gasteiger partial charge on any atom is -0.434 e. The van der Waals surface area contributed by atoms with Gasteiger partial charge >= 0.3 is 5.56 Å². The fourth-order valence-electron chi connectivity index (χ4n) is 1.53. The number of aromatic amines is 1. The maximum absolute atomic E-state index is 11.5. The molecule has 2 rings (SSSR count). The first kappa shape index (κ1) is 11.9. The van der Waals surface area contributed by atoms with Crippen molar-refractivity contribution in [1.82, 2.24) is 9.97 Å². The van der Waals surface area contributed by atoms with Crippen molar-refractivity contribution in [2.75, 3.05) is 5.73 Å². The van der Waals surface area contributed by atoms with Crippen LogP contribution in [0.3, 0.4) is 0 Å². The number of ether oxygens (including phenoxy) is 1. The van der Waals surface area contributed by atoms with Gasteiger partial charge in [-0.1, -0.05) is 6.08 Å². The van der Waals surface area contributed by atoms with Crippen LogP contribution >= 0.6 is 0 Å². The smallest absolute Gasteiger partial charge is 0.311 e. The molecule has 0 aliphatic rings. The van der Waals surface area contributed by atoms with Crippen LogP contribution in [-0.2, 0) is 6.42 Å². The number of H-pyrrole nitrogens is 1. The third kappa shape index (κ3) is 2.57. The molecule has 1 heterocycles. The molecular weight excluding hydrogens is 230 g/mol. The Morgan fingerprint density at radius 1 is 1.50 bits per heavy atom. The number of nitrogens with zero attached hydrogens (tertiary/aromatic N) is 1. The third-order valence-corrected chi connectivity index (χ3v) is 2.33. The van der Waals surface area contributed by atoms with Crippen LogP contribution in [0.1, 0.15) is 5.56 Å². The number of aromatic nitrogens is 2. The van der Waals surface area contributed by atoms with E-state index in [0.717, 1.165) is 5.56 Å². The fraction of sp³-hybridized carbons (Fsp3) is 0.0769. The molecule has 1 aromatic carbocycles. The molecule has 0 saturated heterocycles. The van der Waals surface area contributed by atoms with Crippen molar-refractivity contribution in [2.45, 2.75) is 6.42 Å². The van der Waals surface area contributed by atoms with Gasteiger partial charge in [-0.2, -0.15) is 0 Å². The molecule has 0 saturated carbocycles. The van der Waals surface area contributed by atoms with Crippen LogP contribution in [0, 0.1) is 0 Å². The van der Waals surface area contributed by atoms with E-state index in [4.69, 9.17) is 10.5 Å². The highest BCUT2D eigenvalue weighted by molar-refractivity contribution is 5.49. The Bertz CT molecular complexity index is 620. The first-order chi connectivity index (χ1) is 8.70. The number of rotatable bonds is 4. The average Bonchev–Trinajstić information content (AvgIpc) is 2.35. The molecular formula is C13H13N3O2. The highest BCUT2D eigenvalue weighted by atomic mass is 16.5. The minimum atomic E-state index is -0.376.